The van der Waals surface area contributed by atoms with Crippen LogP contribution in [-0.4, -0.2) is 29.5 Å². The predicted octanol–water partition coefficient (Wildman–Crippen LogP) is 3.70. The average molecular weight is 416 g/mol. The number of rotatable bonds is 7. The normalized spacial score (nSPS) is 10.6. The number of hydrogen-bond donors (Lipinski definition) is 1. The molecule has 8 nitrogen and oxygen atoms in total. The number of nitro groups is 1. The number of carbonyl (C=O) groups is 2. The Hall–Kier alpha value is -4.33. The molecule has 0 aliphatic heterocycles. The molecule has 2 amide bonds. The van der Waals surface area contributed by atoms with Crippen LogP contribution < -0.4 is 10.3 Å². The van der Waals surface area contributed by atoms with Crippen molar-refractivity contribution in [2.24, 2.45) is 5.10 Å². The van der Waals surface area contributed by atoms with E-state index in [0.29, 0.717) is 16.8 Å². The molecule has 3 aromatic rings. The zero-order valence-electron chi connectivity index (χ0n) is 16.8. The third-order valence-corrected chi connectivity index (χ3v) is 4.48. The van der Waals surface area contributed by atoms with Gasteiger partial charge < -0.3 is 0 Å². The molecule has 0 saturated heterocycles. The van der Waals surface area contributed by atoms with Crippen molar-refractivity contribution in [3.8, 4) is 0 Å². The van der Waals surface area contributed by atoms with Gasteiger partial charge >= 0.3 is 0 Å². The van der Waals surface area contributed by atoms with Crippen LogP contribution in [0.5, 0.6) is 0 Å². The molecule has 31 heavy (non-hydrogen) atoms. The van der Waals surface area contributed by atoms with E-state index in [1.54, 1.807) is 36.4 Å². The molecule has 0 fully saturated rings. The number of aryl methyl sites for hydroxylation is 1. The zero-order chi connectivity index (χ0) is 22.2. The molecule has 0 saturated carbocycles. The van der Waals surface area contributed by atoms with Crippen molar-refractivity contribution in [2.75, 3.05) is 11.4 Å². The highest BCUT2D eigenvalue weighted by atomic mass is 16.6. The quantitative estimate of drug-likeness (QED) is 0.360. The minimum absolute atomic E-state index is 0.0329. The van der Waals surface area contributed by atoms with E-state index in [9.17, 15) is 19.7 Å². The number of hydrazone groups is 1. The maximum absolute atomic E-state index is 13.1. The van der Waals surface area contributed by atoms with Crippen LogP contribution in [0.15, 0.2) is 84.0 Å². The van der Waals surface area contributed by atoms with E-state index in [0.717, 1.165) is 5.56 Å². The molecule has 3 aromatic carbocycles. The van der Waals surface area contributed by atoms with Gasteiger partial charge in [-0.05, 0) is 48.4 Å². The van der Waals surface area contributed by atoms with Crippen molar-refractivity contribution in [1.82, 2.24) is 5.43 Å². The van der Waals surface area contributed by atoms with Crippen molar-refractivity contribution in [3.05, 3.63) is 106 Å². The number of anilines is 1. The Morgan fingerprint density at radius 1 is 1.00 bits per heavy atom. The third-order valence-electron chi connectivity index (χ3n) is 4.48. The standard InChI is InChI=1S/C23H20N4O4/c1-17-7-5-6-10-21(17)26(23(29)19-8-3-2-4-9-19)16-22(28)25-24-15-18-11-13-20(14-12-18)27(30)31/h2-15H,16H2,1H3,(H,25,28)/b24-15-. The van der Waals surface area contributed by atoms with Crippen LogP contribution in [0.25, 0.3) is 0 Å². The summed E-state index contributed by atoms with van der Waals surface area (Å²) in [6, 6.07) is 21.8. The largest absolute Gasteiger partial charge is 0.299 e. The van der Waals surface area contributed by atoms with Crippen LogP contribution in [0.1, 0.15) is 21.5 Å². The lowest BCUT2D eigenvalue weighted by molar-refractivity contribution is -0.384. The van der Waals surface area contributed by atoms with Crippen LogP contribution in [0.4, 0.5) is 11.4 Å². The average Bonchev–Trinajstić information content (AvgIpc) is 2.78. The fraction of sp³-hybridized carbons (Fsp3) is 0.0870. The van der Waals surface area contributed by atoms with Crippen LogP contribution >= 0.6 is 0 Å². The molecule has 0 bridgehead atoms. The Balaban J connectivity index is 1.73. The summed E-state index contributed by atoms with van der Waals surface area (Å²) >= 11 is 0. The molecule has 0 unspecified atom stereocenters. The van der Waals surface area contributed by atoms with E-state index < -0.39 is 10.8 Å². The maximum Gasteiger partial charge on any atom is 0.269 e. The summed E-state index contributed by atoms with van der Waals surface area (Å²) in [5.74, 6) is -0.782. The first kappa shape index (κ1) is 21.4. The molecule has 0 aliphatic rings. The van der Waals surface area contributed by atoms with Gasteiger partial charge in [0.1, 0.15) is 6.54 Å². The van der Waals surface area contributed by atoms with E-state index in [4.69, 9.17) is 0 Å². The Labute approximate surface area is 179 Å². The van der Waals surface area contributed by atoms with Crippen molar-refractivity contribution < 1.29 is 14.5 Å². The SMILES string of the molecule is Cc1ccccc1N(CC(=O)N/N=C\c1ccc([N+](=O)[O-])cc1)C(=O)c1ccccc1. The summed E-state index contributed by atoms with van der Waals surface area (Å²) in [6.45, 7) is 1.64. The molecule has 8 heteroatoms. The Bertz CT molecular complexity index is 1110. The van der Waals surface area contributed by atoms with Gasteiger partial charge in [0.05, 0.1) is 11.1 Å². The summed E-state index contributed by atoms with van der Waals surface area (Å²) in [7, 11) is 0. The van der Waals surface area contributed by atoms with E-state index in [2.05, 4.69) is 10.5 Å². The predicted molar refractivity (Wildman–Crippen MR) is 118 cm³/mol. The first-order chi connectivity index (χ1) is 15.0. The molecule has 0 radical (unpaired) electrons. The number of para-hydroxylation sites is 1. The van der Waals surface area contributed by atoms with Gasteiger partial charge in [0.15, 0.2) is 0 Å². The highest BCUT2D eigenvalue weighted by Gasteiger charge is 2.21. The number of nitro benzene ring substituents is 1. The molecule has 156 valence electrons. The van der Waals surface area contributed by atoms with Crippen LogP contribution in [0, 0.1) is 17.0 Å². The highest BCUT2D eigenvalue weighted by molar-refractivity contribution is 6.09. The van der Waals surface area contributed by atoms with E-state index in [1.807, 2.05) is 25.1 Å². The zero-order valence-corrected chi connectivity index (χ0v) is 16.8. The number of nitrogens with zero attached hydrogens (tertiary/aromatic N) is 3. The summed E-state index contributed by atoms with van der Waals surface area (Å²) in [4.78, 5) is 37.2. The fourth-order valence-electron chi connectivity index (χ4n) is 2.91. The van der Waals surface area contributed by atoms with E-state index in [-0.39, 0.29) is 18.1 Å². The third kappa shape index (κ3) is 5.60. The second-order valence-electron chi connectivity index (χ2n) is 6.69. The first-order valence-electron chi connectivity index (χ1n) is 9.44. The van der Waals surface area contributed by atoms with Gasteiger partial charge in [-0.2, -0.15) is 5.10 Å². The second-order valence-corrected chi connectivity index (χ2v) is 6.69. The molecular weight excluding hydrogens is 396 g/mol. The van der Waals surface area contributed by atoms with Crippen molar-refractivity contribution in [1.29, 1.82) is 0 Å². The minimum atomic E-state index is -0.493. The lowest BCUT2D eigenvalue weighted by Gasteiger charge is -2.23. The molecule has 0 atom stereocenters. The van der Waals surface area contributed by atoms with Gasteiger partial charge in [-0.3, -0.25) is 24.6 Å². The summed E-state index contributed by atoms with van der Waals surface area (Å²) in [5, 5.41) is 14.6. The lowest BCUT2D eigenvalue weighted by atomic mass is 10.1. The minimum Gasteiger partial charge on any atom is -0.299 e. The van der Waals surface area contributed by atoms with Crippen LogP contribution in [0.2, 0.25) is 0 Å². The molecule has 0 aliphatic carbocycles. The Kier molecular flexibility index (Phi) is 6.85. The van der Waals surface area contributed by atoms with Crippen LogP contribution in [-0.2, 0) is 4.79 Å². The number of benzene rings is 3. The van der Waals surface area contributed by atoms with E-state index in [1.165, 1.54) is 35.4 Å². The smallest absolute Gasteiger partial charge is 0.269 e. The van der Waals surface area contributed by atoms with Crippen molar-refractivity contribution in [2.45, 2.75) is 6.92 Å². The lowest BCUT2D eigenvalue weighted by Crippen LogP contribution is -2.40. The first-order valence-corrected chi connectivity index (χ1v) is 9.44. The number of amides is 2. The number of carbonyl (C=O) groups excluding carboxylic acids is 2. The summed E-state index contributed by atoms with van der Waals surface area (Å²) in [5.41, 5.74) is 4.90. The number of nitrogens with one attached hydrogen (secondary N) is 1. The van der Waals surface area contributed by atoms with Gasteiger partial charge in [-0.25, -0.2) is 5.43 Å². The second kappa shape index (κ2) is 9.93. The maximum atomic E-state index is 13.1. The van der Waals surface area contributed by atoms with Crippen molar-refractivity contribution >= 4 is 29.4 Å². The van der Waals surface area contributed by atoms with E-state index >= 15 is 0 Å². The number of hydrogen-bond acceptors (Lipinski definition) is 5. The monoisotopic (exact) mass is 416 g/mol. The summed E-state index contributed by atoms with van der Waals surface area (Å²) < 4.78 is 0. The summed E-state index contributed by atoms with van der Waals surface area (Å²) in [6.07, 6.45) is 1.37. The topological polar surface area (TPSA) is 105 Å². The molecule has 3 rings (SSSR count). The Morgan fingerprint density at radius 2 is 1.65 bits per heavy atom. The highest BCUT2D eigenvalue weighted by Crippen LogP contribution is 2.21. The molecule has 1 N–H and O–H groups in total. The van der Waals surface area contributed by atoms with Crippen LogP contribution in [0.3, 0.4) is 0 Å². The van der Waals surface area contributed by atoms with Gasteiger partial charge in [0, 0.05) is 23.4 Å². The van der Waals surface area contributed by atoms with Gasteiger partial charge in [-0.1, -0.05) is 36.4 Å². The molecule has 0 heterocycles. The fourth-order valence-corrected chi connectivity index (χ4v) is 2.91. The Morgan fingerprint density at radius 3 is 2.29 bits per heavy atom. The molecule has 0 aromatic heterocycles. The van der Waals surface area contributed by atoms with Crippen molar-refractivity contribution in [3.63, 3.8) is 0 Å². The molecule has 0 spiro atoms. The van der Waals surface area contributed by atoms with Gasteiger partial charge in [-0.15, -0.1) is 0 Å². The van der Waals surface area contributed by atoms with Gasteiger partial charge in [0.25, 0.3) is 17.5 Å². The number of non-ortho nitro benzene ring substituents is 1. The van der Waals surface area contributed by atoms with Gasteiger partial charge in [0.2, 0.25) is 0 Å². The molecular formula is C23H20N4O4.